The van der Waals surface area contributed by atoms with Crippen LogP contribution in [0.4, 0.5) is 13.2 Å². The number of nitrogens with zero attached hydrogens (tertiary/aromatic N) is 2. The van der Waals surface area contributed by atoms with Crippen molar-refractivity contribution in [2.45, 2.75) is 37.1 Å². The van der Waals surface area contributed by atoms with Crippen molar-refractivity contribution in [2.75, 3.05) is 26.2 Å². The Morgan fingerprint density at radius 3 is 2.30 bits per heavy atom. The van der Waals surface area contributed by atoms with Gasteiger partial charge in [0.25, 0.3) is 0 Å². The highest BCUT2D eigenvalue weighted by molar-refractivity contribution is 7.89. The van der Waals surface area contributed by atoms with Gasteiger partial charge >= 0.3 is 0 Å². The van der Waals surface area contributed by atoms with Crippen LogP contribution in [0.15, 0.2) is 41.3 Å². The standard InChI is InChI=1S/C22H26F3N3O3S.ClH/c1-15-3-5-18(6-4-15)32(30,31)28-8-2-7-27(9-10-28)22(29)13-17(26)11-16-12-20(24)21(25)14-19(16)23;/h3-6,12,14,17H,2,7-11,13,26H2,1H3;1H/t17-;/m1./s1. The summed E-state index contributed by atoms with van der Waals surface area (Å²) in [6.07, 6.45) is 0.212. The van der Waals surface area contributed by atoms with E-state index in [1.54, 1.807) is 24.3 Å². The first-order valence-electron chi connectivity index (χ1n) is 10.3. The van der Waals surface area contributed by atoms with Crippen molar-refractivity contribution in [3.63, 3.8) is 0 Å². The molecule has 0 bridgehead atoms. The number of hydrogen-bond acceptors (Lipinski definition) is 4. The van der Waals surface area contributed by atoms with Gasteiger partial charge in [-0.15, -0.1) is 12.4 Å². The van der Waals surface area contributed by atoms with Crippen LogP contribution in [0.3, 0.4) is 0 Å². The molecule has 1 aliphatic heterocycles. The zero-order chi connectivity index (χ0) is 23.5. The van der Waals surface area contributed by atoms with Crippen LogP contribution in [0.5, 0.6) is 0 Å². The van der Waals surface area contributed by atoms with Gasteiger partial charge in [-0.2, -0.15) is 4.31 Å². The Kier molecular flexibility index (Phi) is 9.30. The molecule has 0 radical (unpaired) electrons. The van der Waals surface area contributed by atoms with Crippen LogP contribution in [0.1, 0.15) is 24.0 Å². The number of benzene rings is 2. The van der Waals surface area contributed by atoms with Crippen LogP contribution in [-0.2, 0) is 21.2 Å². The lowest BCUT2D eigenvalue weighted by Gasteiger charge is -2.23. The Bertz CT molecular complexity index is 1080. The van der Waals surface area contributed by atoms with Crippen LogP contribution in [0.2, 0.25) is 0 Å². The second-order valence-electron chi connectivity index (χ2n) is 7.98. The maximum atomic E-state index is 13.8. The van der Waals surface area contributed by atoms with Crippen LogP contribution < -0.4 is 5.73 Å². The van der Waals surface area contributed by atoms with E-state index in [4.69, 9.17) is 5.73 Å². The van der Waals surface area contributed by atoms with E-state index in [1.807, 2.05) is 6.92 Å². The third kappa shape index (κ3) is 6.69. The second kappa shape index (κ2) is 11.3. The lowest BCUT2D eigenvalue weighted by atomic mass is 10.0. The number of sulfonamides is 1. The van der Waals surface area contributed by atoms with Gasteiger partial charge in [0.1, 0.15) is 5.82 Å². The third-order valence-corrected chi connectivity index (χ3v) is 7.39. The maximum Gasteiger partial charge on any atom is 0.243 e. The van der Waals surface area contributed by atoms with Crippen LogP contribution in [-0.4, -0.2) is 55.8 Å². The van der Waals surface area contributed by atoms with Crippen LogP contribution >= 0.6 is 12.4 Å². The smallest absolute Gasteiger partial charge is 0.243 e. The van der Waals surface area contributed by atoms with Crippen molar-refractivity contribution in [1.82, 2.24) is 9.21 Å². The lowest BCUT2D eigenvalue weighted by Crippen LogP contribution is -2.40. The minimum Gasteiger partial charge on any atom is -0.341 e. The molecule has 1 fully saturated rings. The highest BCUT2D eigenvalue weighted by Gasteiger charge is 2.28. The van der Waals surface area contributed by atoms with Crippen molar-refractivity contribution in [1.29, 1.82) is 0 Å². The first-order chi connectivity index (χ1) is 15.1. The largest absolute Gasteiger partial charge is 0.341 e. The lowest BCUT2D eigenvalue weighted by molar-refractivity contribution is -0.131. The molecule has 1 heterocycles. The number of rotatable bonds is 6. The van der Waals surface area contributed by atoms with E-state index >= 15 is 0 Å². The number of carbonyl (C=O) groups excluding carboxylic acids is 1. The van der Waals surface area contributed by atoms with E-state index in [2.05, 4.69) is 0 Å². The Labute approximate surface area is 198 Å². The molecular formula is C22H27ClF3N3O3S. The predicted molar refractivity (Wildman–Crippen MR) is 121 cm³/mol. The fourth-order valence-electron chi connectivity index (χ4n) is 3.67. The number of nitrogens with two attached hydrogens (primary N) is 1. The average molecular weight is 506 g/mol. The van der Waals surface area contributed by atoms with E-state index in [1.165, 1.54) is 9.21 Å². The minimum atomic E-state index is -3.66. The van der Waals surface area contributed by atoms with E-state index in [0.29, 0.717) is 19.0 Å². The van der Waals surface area contributed by atoms with Gasteiger partial charge in [-0.1, -0.05) is 17.7 Å². The summed E-state index contributed by atoms with van der Waals surface area (Å²) >= 11 is 0. The Balaban J connectivity index is 0.00000385. The molecule has 0 saturated carbocycles. The Hall–Kier alpha value is -2.14. The Morgan fingerprint density at radius 1 is 1.00 bits per heavy atom. The third-order valence-electron chi connectivity index (χ3n) is 5.47. The fraction of sp³-hybridized carbons (Fsp3) is 0.409. The minimum absolute atomic E-state index is 0. The van der Waals surface area contributed by atoms with Crippen molar-refractivity contribution in [3.8, 4) is 0 Å². The van der Waals surface area contributed by atoms with Gasteiger partial charge in [0, 0.05) is 44.7 Å². The average Bonchev–Trinajstić information content (AvgIpc) is 2.99. The first kappa shape index (κ1) is 27.1. The van der Waals surface area contributed by atoms with Gasteiger partial charge in [0.05, 0.1) is 4.90 Å². The van der Waals surface area contributed by atoms with Gasteiger partial charge in [0.15, 0.2) is 11.6 Å². The zero-order valence-corrected chi connectivity index (χ0v) is 19.8. The molecule has 1 amide bonds. The number of halogens is 4. The number of amides is 1. The molecule has 1 aliphatic rings. The highest BCUT2D eigenvalue weighted by Crippen LogP contribution is 2.19. The van der Waals surface area contributed by atoms with Crippen molar-refractivity contribution in [3.05, 3.63) is 65.0 Å². The normalized spacial score (nSPS) is 16.1. The predicted octanol–water partition coefficient (Wildman–Crippen LogP) is 3.02. The van der Waals surface area contributed by atoms with E-state index in [0.717, 1.165) is 11.6 Å². The molecule has 182 valence electrons. The van der Waals surface area contributed by atoms with Gasteiger partial charge in [-0.25, -0.2) is 21.6 Å². The molecule has 2 N–H and O–H groups in total. The SMILES string of the molecule is Cc1ccc(S(=O)(=O)N2CCCN(C(=O)C[C@H](N)Cc3cc(F)c(F)cc3F)CC2)cc1.Cl. The van der Waals surface area contributed by atoms with Gasteiger partial charge in [0.2, 0.25) is 15.9 Å². The topological polar surface area (TPSA) is 83.7 Å². The summed E-state index contributed by atoms with van der Waals surface area (Å²) in [7, 11) is -3.66. The molecule has 2 aromatic rings. The fourth-order valence-corrected chi connectivity index (χ4v) is 5.14. The molecule has 6 nitrogen and oxygen atoms in total. The van der Waals surface area contributed by atoms with Gasteiger partial charge in [-0.3, -0.25) is 4.79 Å². The van der Waals surface area contributed by atoms with Crippen molar-refractivity contribution >= 4 is 28.3 Å². The molecule has 2 aromatic carbocycles. The summed E-state index contributed by atoms with van der Waals surface area (Å²) in [5.74, 6) is -3.68. The summed E-state index contributed by atoms with van der Waals surface area (Å²) in [5, 5.41) is 0. The summed E-state index contributed by atoms with van der Waals surface area (Å²) in [6, 6.07) is 7.00. The summed E-state index contributed by atoms with van der Waals surface area (Å²) in [5.41, 5.74) is 6.81. The summed E-state index contributed by atoms with van der Waals surface area (Å²) < 4.78 is 67.4. The second-order valence-corrected chi connectivity index (χ2v) is 9.92. The molecular weight excluding hydrogens is 479 g/mol. The van der Waals surface area contributed by atoms with Crippen molar-refractivity contribution in [2.24, 2.45) is 5.73 Å². The van der Waals surface area contributed by atoms with E-state index in [9.17, 15) is 26.4 Å². The first-order valence-corrected chi connectivity index (χ1v) is 11.8. The molecule has 0 spiro atoms. The number of carbonyl (C=O) groups is 1. The summed E-state index contributed by atoms with van der Waals surface area (Å²) in [4.78, 5) is 14.4. The highest BCUT2D eigenvalue weighted by atomic mass is 35.5. The molecule has 0 aromatic heterocycles. The van der Waals surface area contributed by atoms with Gasteiger partial charge < -0.3 is 10.6 Å². The molecule has 0 unspecified atom stereocenters. The number of aryl methyl sites for hydroxylation is 1. The van der Waals surface area contributed by atoms with Crippen LogP contribution in [0.25, 0.3) is 0 Å². The molecule has 0 aliphatic carbocycles. The molecule has 3 rings (SSSR count). The quantitative estimate of drug-likeness (QED) is 0.612. The summed E-state index contributed by atoms with van der Waals surface area (Å²) in [6.45, 7) is 2.87. The Morgan fingerprint density at radius 2 is 1.64 bits per heavy atom. The zero-order valence-electron chi connectivity index (χ0n) is 18.1. The monoisotopic (exact) mass is 505 g/mol. The van der Waals surface area contributed by atoms with E-state index in [-0.39, 0.29) is 61.2 Å². The molecule has 1 saturated heterocycles. The number of hydrogen-bond donors (Lipinski definition) is 1. The van der Waals surface area contributed by atoms with Crippen LogP contribution in [0, 0.1) is 24.4 Å². The molecule has 11 heteroatoms. The maximum absolute atomic E-state index is 13.8. The van der Waals surface area contributed by atoms with E-state index < -0.39 is 33.5 Å². The van der Waals surface area contributed by atoms with Gasteiger partial charge in [-0.05, 0) is 43.5 Å². The molecule has 33 heavy (non-hydrogen) atoms. The molecule has 1 atom stereocenters. The van der Waals surface area contributed by atoms with Crippen molar-refractivity contribution < 1.29 is 26.4 Å².